The summed E-state index contributed by atoms with van der Waals surface area (Å²) in [5.74, 6) is 0.214. The lowest BCUT2D eigenvalue weighted by atomic mass is 10.1. The first-order valence-electron chi connectivity index (χ1n) is 7.00. The van der Waals surface area contributed by atoms with Gasteiger partial charge in [0.25, 0.3) is 0 Å². The van der Waals surface area contributed by atoms with E-state index in [1.54, 1.807) is 0 Å². The van der Waals surface area contributed by atoms with E-state index in [2.05, 4.69) is 22.8 Å². The molecule has 2 aromatic carbocycles. The number of carbonyl (C=O) groups is 1. The van der Waals surface area contributed by atoms with Crippen LogP contribution in [0.4, 0.5) is 5.69 Å². The topological polar surface area (TPSA) is 41.1 Å². The highest BCUT2D eigenvalue weighted by Gasteiger charge is 2.22. The molecule has 3 heteroatoms. The Bertz CT molecular complexity index is 572. The van der Waals surface area contributed by atoms with Crippen molar-refractivity contribution in [2.45, 2.75) is 6.42 Å². The molecule has 1 heterocycles. The van der Waals surface area contributed by atoms with Gasteiger partial charge in [-0.15, -0.1) is 0 Å². The van der Waals surface area contributed by atoms with Gasteiger partial charge in [-0.25, -0.2) is 0 Å². The minimum atomic E-state index is 0.101. The van der Waals surface area contributed by atoms with Crippen molar-refractivity contribution in [3.05, 3.63) is 54.6 Å². The van der Waals surface area contributed by atoms with Gasteiger partial charge in [-0.3, -0.25) is 4.79 Å². The number of nitrogens with one attached hydrogen (secondary N) is 2. The third kappa shape index (κ3) is 2.89. The first-order chi connectivity index (χ1) is 9.83. The highest BCUT2D eigenvalue weighted by molar-refractivity contribution is 5.93. The van der Waals surface area contributed by atoms with E-state index in [0.29, 0.717) is 0 Å². The highest BCUT2D eigenvalue weighted by atomic mass is 16.1. The van der Waals surface area contributed by atoms with Gasteiger partial charge in [0, 0.05) is 12.2 Å². The van der Waals surface area contributed by atoms with Gasteiger partial charge < -0.3 is 10.6 Å². The summed E-state index contributed by atoms with van der Waals surface area (Å²) in [5.41, 5.74) is 3.21. The molecule has 0 aliphatic carbocycles. The van der Waals surface area contributed by atoms with E-state index in [1.165, 1.54) is 5.56 Å². The van der Waals surface area contributed by atoms with Crippen LogP contribution in [-0.4, -0.2) is 19.0 Å². The number of benzene rings is 2. The van der Waals surface area contributed by atoms with Gasteiger partial charge in [0.2, 0.25) is 5.91 Å². The van der Waals surface area contributed by atoms with Crippen molar-refractivity contribution in [3.8, 4) is 11.1 Å². The summed E-state index contributed by atoms with van der Waals surface area (Å²) in [4.78, 5) is 12.0. The van der Waals surface area contributed by atoms with E-state index in [4.69, 9.17) is 0 Å². The largest absolute Gasteiger partial charge is 0.326 e. The molecule has 1 fully saturated rings. The number of amides is 1. The van der Waals surface area contributed by atoms with E-state index in [-0.39, 0.29) is 11.8 Å². The predicted octanol–water partition coefficient (Wildman–Crippen LogP) is 2.90. The van der Waals surface area contributed by atoms with Gasteiger partial charge in [-0.05, 0) is 36.2 Å². The minimum absolute atomic E-state index is 0.101. The van der Waals surface area contributed by atoms with Crippen LogP contribution in [0.5, 0.6) is 0 Å². The number of anilines is 1. The molecule has 1 saturated heterocycles. The molecule has 0 bridgehead atoms. The molecule has 3 rings (SSSR count). The summed E-state index contributed by atoms with van der Waals surface area (Å²) in [5, 5.41) is 6.19. The fraction of sp³-hybridized carbons (Fsp3) is 0.235. The third-order valence-corrected chi connectivity index (χ3v) is 3.69. The molecular formula is C17H18N2O. The number of rotatable bonds is 3. The Balaban J connectivity index is 1.68. The third-order valence-electron chi connectivity index (χ3n) is 3.69. The number of carbonyl (C=O) groups excluding carboxylic acids is 1. The lowest BCUT2D eigenvalue weighted by Gasteiger charge is -2.10. The zero-order valence-corrected chi connectivity index (χ0v) is 11.3. The normalized spacial score (nSPS) is 17.9. The van der Waals surface area contributed by atoms with E-state index < -0.39 is 0 Å². The summed E-state index contributed by atoms with van der Waals surface area (Å²) in [6.45, 7) is 1.72. The fourth-order valence-corrected chi connectivity index (χ4v) is 2.50. The Hall–Kier alpha value is -2.13. The monoisotopic (exact) mass is 266 g/mol. The quantitative estimate of drug-likeness (QED) is 0.897. The summed E-state index contributed by atoms with van der Waals surface area (Å²) >= 11 is 0. The maximum Gasteiger partial charge on any atom is 0.228 e. The molecule has 3 nitrogen and oxygen atoms in total. The summed E-state index contributed by atoms with van der Waals surface area (Å²) < 4.78 is 0. The van der Waals surface area contributed by atoms with Gasteiger partial charge >= 0.3 is 0 Å². The molecule has 2 aromatic rings. The molecule has 0 spiro atoms. The smallest absolute Gasteiger partial charge is 0.228 e. The second-order valence-corrected chi connectivity index (χ2v) is 5.12. The van der Waals surface area contributed by atoms with Crippen molar-refractivity contribution in [3.63, 3.8) is 0 Å². The molecule has 1 atom stereocenters. The molecule has 20 heavy (non-hydrogen) atoms. The molecule has 1 amide bonds. The van der Waals surface area contributed by atoms with Crippen LogP contribution < -0.4 is 10.6 Å². The predicted molar refractivity (Wildman–Crippen MR) is 81.5 cm³/mol. The molecular weight excluding hydrogens is 248 g/mol. The Labute approximate surface area is 119 Å². The molecule has 2 N–H and O–H groups in total. The average molecular weight is 266 g/mol. The molecule has 1 aliphatic heterocycles. The Kier molecular flexibility index (Phi) is 3.79. The Morgan fingerprint density at radius 2 is 1.70 bits per heavy atom. The van der Waals surface area contributed by atoms with E-state index >= 15 is 0 Å². The summed E-state index contributed by atoms with van der Waals surface area (Å²) in [6, 6.07) is 18.2. The first-order valence-corrected chi connectivity index (χ1v) is 7.00. The summed E-state index contributed by atoms with van der Waals surface area (Å²) in [7, 11) is 0. The second kappa shape index (κ2) is 5.88. The van der Waals surface area contributed by atoms with Crippen LogP contribution in [0.1, 0.15) is 6.42 Å². The van der Waals surface area contributed by atoms with Gasteiger partial charge in [-0.2, -0.15) is 0 Å². The highest BCUT2D eigenvalue weighted by Crippen LogP contribution is 2.21. The van der Waals surface area contributed by atoms with Crippen molar-refractivity contribution >= 4 is 11.6 Å². The van der Waals surface area contributed by atoms with Crippen molar-refractivity contribution in [1.82, 2.24) is 5.32 Å². The maximum absolute atomic E-state index is 12.0. The van der Waals surface area contributed by atoms with Crippen molar-refractivity contribution < 1.29 is 4.79 Å². The molecule has 0 saturated carbocycles. The van der Waals surface area contributed by atoms with Crippen molar-refractivity contribution in [2.75, 3.05) is 18.4 Å². The van der Waals surface area contributed by atoms with Crippen LogP contribution in [0.15, 0.2) is 54.6 Å². The molecule has 0 radical (unpaired) electrons. The molecule has 1 unspecified atom stereocenters. The zero-order valence-electron chi connectivity index (χ0n) is 11.3. The zero-order chi connectivity index (χ0) is 13.8. The summed E-state index contributed by atoms with van der Waals surface area (Å²) in [6.07, 6.45) is 0.925. The van der Waals surface area contributed by atoms with Crippen molar-refractivity contribution in [1.29, 1.82) is 0 Å². The van der Waals surface area contributed by atoms with E-state index in [1.807, 2.05) is 42.5 Å². The van der Waals surface area contributed by atoms with Crippen molar-refractivity contribution in [2.24, 2.45) is 5.92 Å². The van der Waals surface area contributed by atoms with Crippen LogP contribution in [0, 0.1) is 5.92 Å². The molecule has 0 aromatic heterocycles. The standard InChI is InChI=1S/C17H18N2O/c20-17(15-10-11-18-12-15)19-16-8-6-14(7-9-16)13-4-2-1-3-5-13/h1-9,15,18H,10-12H2,(H,19,20). The Morgan fingerprint density at radius 1 is 1.00 bits per heavy atom. The first kappa shape index (κ1) is 12.9. The van der Waals surface area contributed by atoms with Crippen LogP contribution >= 0.6 is 0 Å². The van der Waals surface area contributed by atoms with E-state index in [0.717, 1.165) is 30.8 Å². The lowest BCUT2D eigenvalue weighted by molar-refractivity contribution is -0.119. The van der Waals surface area contributed by atoms with Gasteiger partial charge in [0.15, 0.2) is 0 Å². The van der Waals surface area contributed by atoms with Crippen LogP contribution in [-0.2, 0) is 4.79 Å². The SMILES string of the molecule is O=C(Nc1ccc(-c2ccccc2)cc1)C1CCNC1. The van der Waals surface area contributed by atoms with Crippen LogP contribution in [0.25, 0.3) is 11.1 Å². The lowest BCUT2D eigenvalue weighted by Crippen LogP contribution is -2.24. The molecule has 102 valence electrons. The average Bonchev–Trinajstić information content (AvgIpc) is 3.03. The maximum atomic E-state index is 12.0. The van der Waals surface area contributed by atoms with Crippen LogP contribution in [0.3, 0.4) is 0 Å². The van der Waals surface area contributed by atoms with E-state index in [9.17, 15) is 4.79 Å². The van der Waals surface area contributed by atoms with Crippen LogP contribution in [0.2, 0.25) is 0 Å². The number of hydrogen-bond acceptors (Lipinski definition) is 2. The van der Waals surface area contributed by atoms with Gasteiger partial charge in [-0.1, -0.05) is 42.5 Å². The Morgan fingerprint density at radius 3 is 2.35 bits per heavy atom. The van der Waals surface area contributed by atoms with Gasteiger partial charge in [0.05, 0.1) is 5.92 Å². The second-order valence-electron chi connectivity index (χ2n) is 5.12. The fourth-order valence-electron chi connectivity index (χ4n) is 2.50. The molecule has 1 aliphatic rings. The minimum Gasteiger partial charge on any atom is -0.326 e. The number of hydrogen-bond donors (Lipinski definition) is 2. The van der Waals surface area contributed by atoms with Gasteiger partial charge in [0.1, 0.15) is 0 Å².